The fourth-order valence-electron chi connectivity index (χ4n) is 2.87. The predicted octanol–water partition coefficient (Wildman–Crippen LogP) is 3.08. The Morgan fingerprint density at radius 3 is 2.65 bits per heavy atom. The predicted molar refractivity (Wildman–Crippen MR) is 79.1 cm³/mol. The topological polar surface area (TPSA) is 61.1 Å². The van der Waals surface area contributed by atoms with Gasteiger partial charge in [0, 0.05) is 5.56 Å². The lowest BCUT2D eigenvalue weighted by atomic mass is 9.96. The molecule has 3 aromatic rings. The van der Waals surface area contributed by atoms with E-state index >= 15 is 0 Å². The standard InChI is InChI=1S/C16H15N3O/c1-9(2)14-10(3)11(8-17)15-18-12-6-4-5-7-13(12)19(15)16(14)20/h4-7,9,18H,1-3H3. The summed E-state index contributed by atoms with van der Waals surface area (Å²) >= 11 is 0. The molecular weight excluding hydrogens is 250 g/mol. The zero-order chi connectivity index (χ0) is 14.4. The third-order valence-corrected chi connectivity index (χ3v) is 3.76. The molecule has 0 fully saturated rings. The quantitative estimate of drug-likeness (QED) is 0.735. The summed E-state index contributed by atoms with van der Waals surface area (Å²) in [4.78, 5) is 16.0. The molecule has 0 unspecified atom stereocenters. The minimum atomic E-state index is -0.0380. The molecule has 0 radical (unpaired) electrons. The van der Waals surface area contributed by atoms with Crippen LogP contribution in [-0.2, 0) is 0 Å². The van der Waals surface area contributed by atoms with Gasteiger partial charge in [0.2, 0.25) is 0 Å². The van der Waals surface area contributed by atoms with E-state index in [4.69, 9.17) is 0 Å². The van der Waals surface area contributed by atoms with E-state index in [1.165, 1.54) is 0 Å². The van der Waals surface area contributed by atoms with Crippen LogP contribution in [0.25, 0.3) is 16.7 Å². The molecular formula is C16H15N3O. The molecule has 0 bridgehead atoms. The SMILES string of the molecule is Cc1c(C(C)C)c(=O)n2c([nH]c3ccccc32)c1C#N. The first-order valence-electron chi connectivity index (χ1n) is 6.62. The molecule has 1 N–H and O–H groups in total. The van der Waals surface area contributed by atoms with Gasteiger partial charge in [-0.1, -0.05) is 26.0 Å². The second kappa shape index (κ2) is 4.24. The maximum absolute atomic E-state index is 12.8. The maximum atomic E-state index is 12.8. The summed E-state index contributed by atoms with van der Waals surface area (Å²) in [6.45, 7) is 5.80. The van der Waals surface area contributed by atoms with Crippen LogP contribution >= 0.6 is 0 Å². The number of fused-ring (bicyclic) bond motifs is 3. The van der Waals surface area contributed by atoms with Crippen molar-refractivity contribution in [2.24, 2.45) is 0 Å². The van der Waals surface area contributed by atoms with E-state index in [0.29, 0.717) is 16.8 Å². The lowest BCUT2D eigenvalue weighted by Gasteiger charge is -2.11. The highest BCUT2D eigenvalue weighted by atomic mass is 16.1. The highest BCUT2D eigenvalue weighted by Gasteiger charge is 2.19. The van der Waals surface area contributed by atoms with Crippen LogP contribution < -0.4 is 5.56 Å². The number of nitriles is 1. The van der Waals surface area contributed by atoms with Gasteiger partial charge < -0.3 is 4.98 Å². The van der Waals surface area contributed by atoms with Gasteiger partial charge in [-0.25, -0.2) is 0 Å². The van der Waals surface area contributed by atoms with Crippen molar-refractivity contribution in [2.45, 2.75) is 26.7 Å². The Hall–Kier alpha value is -2.54. The van der Waals surface area contributed by atoms with Gasteiger partial charge in [-0.05, 0) is 30.5 Å². The number of rotatable bonds is 1. The Morgan fingerprint density at radius 1 is 1.30 bits per heavy atom. The van der Waals surface area contributed by atoms with Gasteiger partial charge in [-0.2, -0.15) is 5.26 Å². The highest BCUT2D eigenvalue weighted by molar-refractivity contribution is 5.83. The van der Waals surface area contributed by atoms with Crippen LogP contribution in [0.5, 0.6) is 0 Å². The molecule has 20 heavy (non-hydrogen) atoms. The Balaban J connectivity index is 2.67. The largest absolute Gasteiger partial charge is 0.338 e. The zero-order valence-corrected chi connectivity index (χ0v) is 11.7. The van der Waals surface area contributed by atoms with Crippen LogP contribution in [0.1, 0.15) is 36.5 Å². The first kappa shape index (κ1) is 12.5. The van der Waals surface area contributed by atoms with Crippen molar-refractivity contribution in [3.05, 3.63) is 51.3 Å². The van der Waals surface area contributed by atoms with Crippen molar-refractivity contribution in [1.82, 2.24) is 9.38 Å². The molecule has 2 heterocycles. The number of hydrogen-bond donors (Lipinski definition) is 1. The molecule has 0 saturated heterocycles. The van der Waals surface area contributed by atoms with E-state index in [1.807, 2.05) is 45.0 Å². The number of pyridine rings is 1. The molecule has 4 heteroatoms. The van der Waals surface area contributed by atoms with E-state index < -0.39 is 0 Å². The molecule has 0 amide bonds. The van der Waals surface area contributed by atoms with Crippen LogP contribution in [0.3, 0.4) is 0 Å². The maximum Gasteiger partial charge on any atom is 0.260 e. The summed E-state index contributed by atoms with van der Waals surface area (Å²) in [7, 11) is 0. The summed E-state index contributed by atoms with van der Waals surface area (Å²) in [5.41, 5.74) is 4.25. The van der Waals surface area contributed by atoms with E-state index in [1.54, 1.807) is 4.40 Å². The fourth-order valence-corrected chi connectivity index (χ4v) is 2.87. The number of hydrogen-bond acceptors (Lipinski definition) is 2. The Bertz CT molecular complexity index is 923. The van der Waals surface area contributed by atoms with E-state index in [0.717, 1.165) is 16.6 Å². The molecule has 0 aliphatic heterocycles. The second-order valence-corrected chi connectivity index (χ2v) is 5.31. The van der Waals surface area contributed by atoms with Gasteiger partial charge in [0.25, 0.3) is 5.56 Å². The first-order valence-corrected chi connectivity index (χ1v) is 6.62. The third kappa shape index (κ3) is 1.50. The second-order valence-electron chi connectivity index (χ2n) is 5.31. The van der Waals surface area contributed by atoms with Crippen molar-refractivity contribution in [1.29, 1.82) is 5.26 Å². The molecule has 0 spiro atoms. The smallest absolute Gasteiger partial charge is 0.260 e. The van der Waals surface area contributed by atoms with E-state index in [-0.39, 0.29) is 11.5 Å². The lowest BCUT2D eigenvalue weighted by Crippen LogP contribution is -2.21. The number of H-pyrrole nitrogens is 1. The van der Waals surface area contributed by atoms with Crippen LogP contribution in [0.4, 0.5) is 0 Å². The van der Waals surface area contributed by atoms with Crippen molar-refractivity contribution in [3.8, 4) is 6.07 Å². The van der Waals surface area contributed by atoms with Crippen molar-refractivity contribution in [3.63, 3.8) is 0 Å². The van der Waals surface area contributed by atoms with Crippen LogP contribution in [0, 0.1) is 18.3 Å². The van der Waals surface area contributed by atoms with Crippen LogP contribution in [0.2, 0.25) is 0 Å². The summed E-state index contributed by atoms with van der Waals surface area (Å²) in [5, 5.41) is 9.45. The summed E-state index contributed by atoms with van der Waals surface area (Å²) in [5.74, 6) is 0.0835. The molecule has 100 valence electrons. The van der Waals surface area contributed by atoms with Gasteiger partial charge in [-0.3, -0.25) is 9.20 Å². The molecule has 0 aliphatic carbocycles. The lowest BCUT2D eigenvalue weighted by molar-refractivity contribution is 0.827. The van der Waals surface area contributed by atoms with Gasteiger partial charge in [0.05, 0.1) is 16.6 Å². The molecule has 3 rings (SSSR count). The van der Waals surface area contributed by atoms with E-state index in [9.17, 15) is 10.1 Å². The minimum absolute atomic E-state index is 0.0380. The number of aromatic nitrogens is 2. The minimum Gasteiger partial charge on any atom is -0.338 e. The van der Waals surface area contributed by atoms with Gasteiger partial charge in [0.15, 0.2) is 0 Å². The molecule has 0 saturated carbocycles. The van der Waals surface area contributed by atoms with Crippen molar-refractivity contribution >= 4 is 16.7 Å². The van der Waals surface area contributed by atoms with Crippen LogP contribution in [-0.4, -0.2) is 9.38 Å². The fraction of sp³-hybridized carbons (Fsp3) is 0.250. The van der Waals surface area contributed by atoms with Crippen LogP contribution in [0.15, 0.2) is 29.1 Å². The normalized spacial score (nSPS) is 11.3. The zero-order valence-electron chi connectivity index (χ0n) is 11.7. The highest BCUT2D eigenvalue weighted by Crippen LogP contribution is 2.24. The summed E-state index contributed by atoms with van der Waals surface area (Å²) in [6.07, 6.45) is 0. The average Bonchev–Trinajstić information content (AvgIpc) is 2.78. The number of benzene rings is 1. The van der Waals surface area contributed by atoms with Gasteiger partial charge in [0.1, 0.15) is 11.7 Å². The monoisotopic (exact) mass is 265 g/mol. The van der Waals surface area contributed by atoms with Gasteiger partial charge >= 0.3 is 0 Å². The summed E-state index contributed by atoms with van der Waals surface area (Å²) < 4.78 is 1.62. The number of imidazole rings is 1. The van der Waals surface area contributed by atoms with E-state index in [2.05, 4.69) is 11.1 Å². The Kier molecular flexibility index (Phi) is 2.65. The molecule has 1 aromatic carbocycles. The summed E-state index contributed by atoms with van der Waals surface area (Å²) in [6, 6.07) is 9.83. The molecule has 0 aliphatic rings. The first-order chi connectivity index (χ1) is 9.56. The number of nitrogens with zero attached hydrogens (tertiary/aromatic N) is 2. The molecule has 0 atom stereocenters. The Labute approximate surface area is 116 Å². The average molecular weight is 265 g/mol. The molecule has 2 aromatic heterocycles. The number of nitrogens with one attached hydrogen (secondary N) is 1. The van der Waals surface area contributed by atoms with Gasteiger partial charge in [-0.15, -0.1) is 0 Å². The molecule has 4 nitrogen and oxygen atoms in total. The van der Waals surface area contributed by atoms with Crippen molar-refractivity contribution in [2.75, 3.05) is 0 Å². The van der Waals surface area contributed by atoms with Crippen molar-refractivity contribution < 1.29 is 0 Å². The number of para-hydroxylation sites is 2. The third-order valence-electron chi connectivity index (χ3n) is 3.76. The number of aromatic amines is 1. The Morgan fingerprint density at radius 2 is 2.00 bits per heavy atom.